The normalized spacial score (nSPS) is 12.7. The molecule has 0 aromatic carbocycles. The molecule has 0 bridgehead atoms. The number of hydrogen-bond donors (Lipinski definition) is 1. The van der Waals surface area contributed by atoms with Crippen LogP contribution in [-0.2, 0) is 9.84 Å². The fourth-order valence-corrected chi connectivity index (χ4v) is 1.90. The summed E-state index contributed by atoms with van der Waals surface area (Å²) in [5, 5.41) is 2.87. The summed E-state index contributed by atoms with van der Waals surface area (Å²) in [6.45, 7) is 8.92. The lowest BCUT2D eigenvalue weighted by Crippen LogP contribution is -2.33. The van der Waals surface area contributed by atoms with E-state index in [4.69, 9.17) is 0 Å². The molecule has 0 atom stereocenters. The zero-order valence-electron chi connectivity index (χ0n) is 10.3. The summed E-state index contributed by atoms with van der Waals surface area (Å²) in [5.41, 5.74) is 0. The van der Waals surface area contributed by atoms with Crippen LogP contribution in [0.5, 0.6) is 0 Å². The molecule has 0 spiro atoms. The monoisotopic (exact) mass is 236 g/mol. The smallest absolute Gasteiger partial charge is 0.153 e. The van der Waals surface area contributed by atoms with Gasteiger partial charge in [0.05, 0.1) is 11.0 Å². The molecule has 0 radical (unpaired) electrons. The van der Waals surface area contributed by atoms with Gasteiger partial charge in [0, 0.05) is 19.6 Å². The Hall–Kier alpha value is -0.130. The number of likely N-dealkylation sites (N-methyl/N-ethyl adjacent to an activating group) is 1. The number of sulfone groups is 1. The Morgan fingerprint density at radius 2 is 1.87 bits per heavy atom. The van der Waals surface area contributed by atoms with Gasteiger partial charge in [0.2, 0.25) is 0 Å². The van der Waals surface area contributed by atoms with E-state index in [9.17, 15) is 8.42 Å². The highest BCUT2D eigenvalue weighted by atomic mass is 32.2. The van der Waals surface area contributed by atoms with Gasteiger partial charge in [-0.05, 0) is 27.4 Å². The first-order valence-electron chi connectivity index (χ1n) is 5.51. The van der Waals surface area contributed by atoms with Gasteiger partial charge in [-0.1, -0.05) is 6.92 Å². The zero-order chi connectivity index (χ0) is 11.9. The van der Waals surface area contributed by atoms with Crippen LogP contribution in [0.15, 0.2) is 0 Å². The van der Waals surface area contributed by atoms with Crippen LogP contribution in [0.1, 0.15) is 20.8 Å². The van der Waals surface area contributed by atoms with Crippen LogP contribution >= 0.6 is 0 Å². The minimum Gasteiger partial charge on any atom is -0.314 e. The van der Waals surface area contributed by atoms with E-state index in [0.717, 1.165) is 19.6 Å². The second kappa shape index (κ2) is 7.19. The molecule has 0 aromatic rings. The molecule has 0 aliphatic rings. The Morgan fingerprint density at radius 3 is 2.33 bits per heavy atom. The second-order valence-corrected chi connectivity index (χ2v) is 6.74. The molecule has 0 aromatic heterocycles. The minimum absolute atomic E-state index is 0.237. The fraction of sp³-hybridized carbons (Fsp3) is 1.00. The van der Waals surface area contributed by atoms with E-state index in [1.54, 1.807) is 13.8 Å². The van der Waals surface area contributed by atoms with Crippen molar-refractivity contribution in [3.05, 3.63) is 0 Å². The Balaban J connectivity index is 3.56. The van der Waals surface area contributed by atoms with Gasteiger partial charge in [0.1, 0.15) is 0 Å². The molecule has 92 valence electrons. The predicted molar refractivity (Wildman–Crippen MR) is 65.0 cm³/mol. The lowest BCUT2D eigenvalue weighted by atomic mass is 10.5. The third-order valence-corrected chi connectivity index (χ3v) is 4.70. The van der Waals surface area contributed by atoms with Crippen LogP contribution in [0.2, 0.25) is 0 Å². The van der Waals surface area contributed by atoms with E-state index < -0.39 is 9.84 Å². The van der Waals surface area contributed by atoms with E-state index >= 15 is 0 Å². The van der Waals surface area contributed by atoms with Gasteiger partial charge >= 0.3 is 0 Å². The van der Waals surface area contributed by atoms with Gasteiger partial charge in [0.25, 0.3) is 0 Å². The molecule has 0 heterocycles. The molecule has 1 N–H and O–H groups in total. The van der Waals surface area contributed by atoms with Gasteiger partial charge in [-0.15, -0.1) is 0 Å². The van der Waals surface area contributed by atoms with Crippen molar-refractivity contribution in [3.8, 4) is 0 Å². The Bertz CT molecular complexity index is 250. The molecule has 15 heavy (non-hydrogen) atoms. The summed E-state index contributed by atoms with van der Waals surface area (Å²) >= 11 is 0. The summed E-state index contributed by atoms with van der Waals surface area (Å²) in [7, 11) is -0.832. The molecule has 0 amide bonds. The van der Waals surface area contributed by atoms with Crippen molar-refractivity contribution in [1.82, 2.24) is 10.2 Å². The molecular weight excluding hydrogens is 212 g/mol. The van der Waals surface area contributed by atoms with Crippen LogP contribution in [0.4, 0.5) is 0 Å². The first-order valence-corrected chi connectivity index (χ1v) is 7.22. The van der Waals surface area contributed by atoms with E-state index in [0.29, 0.717) is 6.54 Å². The first kappa shape index (κ1) is 14.9. The van der Waals surface area contributed by atoms with E-state index in [1.165, 1.54) is 0 Å². The lowest BCUT2D eigenvalue weighted by molar-refractivity contribution is 0.350. The molecule has 0 aliphatic carbocycles. The number of nitrogens with one attached hydrogen (secondary N) is 1. The predicted octanol–water partition coefficient (Wildman–Crippen LogP) is 0.351. The highest BCUT2D eigenvalue weighted by Crippen LogP contribution is 1.98. The summed E-state index contributed by atoms with van der Waals surface area (Å²) in [4.78, 5) is 2.18. The van der Waals surface area contributed by atoms with E-state index in [2.05, 4.69) is 17.1 Å². The third kappa shape index (κ3) is 6.87. The standard InChI is InChI=1S/C10H24N2O2S/c1-5-12(4)8-6-11-7-9-15(13,14)10(2)3/h10-11H,5-9H2,1-4H3. The molecule has 0 rings (SSSR count). The van der Waals surface area contributed by atoms with Gasteiger partial charge in [-0.2, -0.15) is 0 Å². The molecule has 0 saturated heterocycles. The summed E-state index contributed by atoms with van der Waals surface area (Å²) in [6.07, 6.45) is 0. The fourth-order valence-electron chi connectivity index (χ4n) is 1.00. The summed E-state index contributed by atoms with van der Waals surface area (Å²) < 4.78 is 22.9. The molecule has 5 heteroatoms. The van der Waals surface area contributed by atoms with Crippen LogP contribution in [-0.4, -0.2) is 57.5 Å². The number of hydrogen-bond acceptors (Lipinski definition) is 4. The van der Waals surface area contributed by atoms with Crippen molar-refractivity contribution >= 4 is 9.84 Å². The second-order valence-electron chi connectivity index (χ2n) is 4.06. The first-order chi connectivity index (χ1) is 6.90. The average molecular weight is 236 g/mol. The lowest BCUT2D eigenvalue weighted by Gasteiger charge is -2.14. The Kier molecular flexibility index (Phi) is 7.13. The minimum atomic E-state index is -2.88. The number of rotatable bonds is 8. The van der Waals surface area contributed by atoms with Crippen molar-refractivity contribution in [2.45, 2.75) is 26.0 Å². The van der Waals surface area contributed by atoms with Crippen LogP contribution in [0.3, 0.4) is 0 Å². The topological polar surface area (TPSA) is 49.4 Å². The van der Waals surface area contributed by atoms with Gasteiger partial charge in [0.15, 0.2) is 9.84 Å². The molecule has 0 fully saturated rings. The van der Waals surface area contributed by atoms with Crippen molar-refractivity contribution < 1.29 is 8.42 Å². The highest BCUT2D eigenvalue weighted by molar-refractivity contribution is 7.92. The highest BCUT2D eigenvalue weighted by Gasteiger charge is 2.14. The van der Waals surface area contributed by atoms with Crippen molar-refractivity contribution in [1.29, 1.82) is 0 Å². The maximum atomic E-state index is 11.4. The molecule has 4 nitrogen and oxygen atoms in total. The van der Waals surface area contributed by atoms with Crippen molar-refractivity contribution in [2.24, 2.45) is 0 Å². The zero-order valence-corrected chi connectivity index (χ0v) is 11.1. The van der Waals surface area contributed by atoms with Crippen molar-refractivity contribution in [2.75, 3.05) is 39.0 Å². The van der Waals surface area contributed by atoms with E-state index in [-0.39, 0.29) is 11.0 Å². The Morgan fingerprint density at radius 1 is 1.27 bits per heavy atom. The van der Waals surface area contributed by atoms with Crippen LogP contribution in [0.25, 0.3) is 0 Å². The maximum Gasteiger partial charge on any atom is 0.153 e. The van der Waals surface area contributed by atoms with E-state index in [1.807, 2.05) is 7.05 Å². The third-order valence-electron chi connectivity index (χ3n) is 2.49. The molecular formula is C10H24N2O2S. The average Bonchev–Trinajstić information content (AvgIpc) is 2.16. The SMILES string of the molecule is CCN(C)CCNCCS(=O)(=O)C(C)C. The largest absolute Gasteiger partial charge is 0.314 e. The molecule has 0 aliphatic heterocycles. The van der Waals surface area contributed by atoms with Gasteiger partial charge in [-0.3, -0.25) is 0 Å². The van der Waals surface area contributed by atoms with Crippen LogP contribution < -0.4 is 5.32 Å². The number of nitrogens with zero attached hydrogens (tertiary/aromatic N) is 1. The maximum absolute atomic E-state index is 11.4. The summed E-state index contributed by atoms with van der Waals surface area (Å²) in [6, 6.07) is 0. The van der Waals surface area contributed by atoms with Gasteiger partial charge in [-0.25, -0.2) is 8.42 Å². The van der Waals surface area contributed by atoms with Crippen molar-refractivity contribution in [3.63, 3.8) is 0 Å². The summed E-state index contributed by atoms with van der Waals surface area (Å²) in [5.74, 6) is 0.237. The van der Waals surface area contributed by atoms with Crippen LogP contribution in [0, 0.1) is 0 Å². The molecule has 0 saturated carbocycles. The Labute approximate surface area is 94.0 Å². The van der Waals surface area contributed by atoms with Gasteiger partial charge < -0.3 is 10.2 Å². The molecule has 0 unspecified atom stereocenters. The quantitative estimate of drug-likeness (QED) is 0.618.